The van der Waals surface area contributed by atoms with Gasteiger partial charge in [-0.2, -0.15) is 0 Å². The Morgan fingerprint density at radius 3 is 2.65 bits per heavy atom. The minimum atomic E-state index is -0.319. The average Bonchev–Trinajstić information content (AvgIpc) is 2.51. The summed E-state index contributed by atoms with van der Waals surface area (Å²) in [5, 5.41) is 2.74. The van der Waals surface area contributed by atoms with Crippen molar-refractivity contribution in [3.63, 3.8) is 0 Å². The van der Waals surface area contributed by atoms with Crippen molar-refractivity contribution in [2.24, 2.45) is 0 Å². The minimum Gasteiger partial charge on any atom is -0.492 e. The number of carbonyl (C=O) groups excluding carboxylic acids is 1. The Labute approximate surface area is 142 Å². The SMILES string of the molecule is CCOc1cc(C(=O)Nc2ccc(F)c(C)c2)cc(Br)c1OC. The molecule has 1 N–H and O–H groups in total. The third kappa shape index (κ3) is 4.01. The van der Waals surface area contributed by atoms with Crippen molar-refractivity contribution in [3.8, 4) is 11.5 Å². The Morgan fingerprint density at radius 1 is 1.30 bits per heavy atom. The van der Waals surface area contributed by atoms with Crippen molar-refractivity contribution in [2.75, 3.05) is 19.0 Å². The van der Waals surface area contributed by atoms with Crippen LogP contribution in [0.3, 0.4) is 0 Å². The van der Waals surface area contributed by atoms with Gasteiger partial charge < -0.3 is 14.8 Å². The van der Waals surface area contributed by atoms with Gasteiger partial charge in [-0.25, -0.2) is 4.39 Å². The Bertz CT molecular complexity index is 734. The molecule has 0 aliphatic carbocycles. The molecule has 122 valence electrons. The van der Waals surface area contributed by atoms with Crippen molar-refractivity contribution in [2.45, 2.75) is 13.8 Å². The summed E-state index contributed by atoms with van der Waals surface area (Å²) in [6.07, 6.45) is 0. The van der Waals surface area contributed by atoms with E-state index in [0.29, 0.717) is 39.4 Å². The van der Waals surface area contributed by atoms with Gasteiger partial charge in [0.05, 0.1) is 18.2 Å². The smallest absolute Gasteiger partial charge is 0.255 e. The van der Waals surface area contributed by atoms with Gasteiger partial charge in [0.1, 0.15) is 5.82 Å². The van der Waals surface area contributed by atoms with Crippen LogP contribution in [0.2, 0.25) is 0 Å². The van der Waals surface area contributed by atoms with Crippen molar-refractivity contribution in [1.82, 2.24) is 0 Å². The summed E-state index contributed by atoms with van der Waals surface area (Å²) < 4.78 is 24.7. The number of rotatable bonds is 5. The van der Waals surface area contributed by atoms with Gasteiger partial charge >= 0.3 is 0 Å². The monoisotopic (exact) mass is 381 g/mol. The largest absolute Gasteiger partial charge is 0.492 e. The minimum absolute atomic E-state index is 0.311. The first kappa shape index (κ1) is 17.3. The number of nitrogens with one attached hydrogen (secondary N) is 1. The number of methoxy groups -OCH3 is 1. The van der Waals surface area contributed by atoms with Gasteiger partial charge in [0.15, 0.2) is 11.5 Å². The first-order valence-electron chi connectivity index (χ1n) is 7.04. The molecular formula is C17H17BrFNO3. The number of hydrogen-bond donors (Lipinski definition) is 1. The van der Waals surface area contributed by atoms with Gasteiger partial charge in [0.2, 0.25) is 0 Å². The average molecular weight is 382 g/mol. The lowest BCUT2D eigenvalue weighted by Gasteiger charge is -2.13. The molecule has 6 heteroatoms. The van der Waals surface area contributed by atoms with E-state index in [1.54, 1.807) is 25.1 Å². The molecule has 23 heavy (non-hydrogen) atoms. The second kappa shape index (κ2) is 7.46. The second-order valence-electron chi connectivity index (χ2n) is 4.84. The van der Waals surface area contributed by atoms with Crippen LogP contribution in [0.15, 0.2) is 34.8 Å². The zero-order valence-electron chi connectivity index (χ0n) is 13.1. The summed E-state index contributed by atoms with van der Waals surface area (Å²) >= 11 is 3.37. The number of ether oxygens (including phenoxy) is 2. The first-order valence-corrected chi connectivity index (χ1v) is 7.83. The maximum Gasteiger partial charge on any atom is 0.255 e. The molecule has 2 aromatic carbocycles. The van der Waals surface area contributed by atoms with E-state index >= 15 is 0 Å². The van der Waals surface area contributed by atoms with E-state index in [0.717, 1.165) is 0 Å². The zero-order chi connectivity index (χ0) is 17.0. The topological polar surface area (TPSA) is 47.6 Å². The van der Waals surface area contributed by atoms with Crippen LogP contribution in [0.25, 0.3) is 0 Å². The molecule has 0 unspecified atom stereocenters. The lowest BCUT2D eigenvalue weighted by Crippen LogP contribution is -2.13. The molecule has 0 aliphatic heterocycles. The Balaban J connectivity index is 2.29. The highest BCUT2D eigenvalue weighted by Crippen LogP contribution is 2.36. The molecule has 4 nitrogen and oxygen atoms in total. The highest BCUT2D eigenvalue weighted by atomic mass is 79.9. The highest BCUT2D eigenvalue weighted by Gasteiger charge is 2.15. The fraction of sp³-hybridized carbons (Fsp3) is 0.235. The van der Waals surface area contributed by atoms with Crippen LogP contribution in [-0.4, -0.2) is 19.6 Å². The Morgan fingerprint density at radius 2 is 2.04 bits per heavy atom. The number of halogens is 2. The summed E-state index contributed by atoms with van der Waals surface area (Å²) in [5.74, 6) is 0.375. The number of carbonyl (C=O) groups is 1. The van der Waals surface area contributed by atoms with Crippen LogP contribution in [0, 0.1) is 12.7 Å². The van der Waals surface area contributed by atoms with E-state index in [-0.39, 0.29) is 11.7 Å². The van der Waals surface area contributed by atoms with Crippen molar-refractivity contribution < 1.29 is 18.7 Å². The van der Waals surface area contributed by atoms with Gasteiger partial charge in [0, 0.05) is 11.3 Å². The molecule has 0 atom stereocenters. The fourth-order valence-electron chi connectivity index (χ4n) is 2.09. The maximum atomic E-state index is 13.3. The fourth-order valence-corrected chi connectivity index (χ4v) is 2.69. The molecule has 1 amide bonds. The zero-order valence-corrected chi connectivity index (χ0v) is 14.7. The van der Waals surface area contributed by atoms with Crippen molar-refractivity contribution in [3.05, 3.63) is 51.7 Å². The summed E-state index contributed by atoms with van der Waals surface area (Å²) in [7, 11) is 1.53. The second-order valence-corrected chi connectivity index (χ2v) is 5.69. The third-order valence-electron chi connectivity index (χ3n) is 3.19. The Hall–Kier alpha value is -2.08. The molecule has 2 aromatic rings. The first-order chi connectivity index (χ1) is 11.0. The predicted molar refractivity (Wildman–Crippen MR) is 91.0 cm³/mol. The number of benzene rings is 2. The maximum absolute atomic E-state index is 13.3. The van der Waals surface area contributed by atoms with Crippen LogP contribution in [0.1, 0.15) is 22.8 Å². The van der Waals surface area contributed by atoms with E-state index in [1.807, 2.05) is 6.92 Å². The molecule has 0 heterocycles. The predicted octanol–water partition coefficient (Wildman–Crippen LogP) is 4.56. The molecule has 0 aromatic heterocycles. The van der Waals surface area contributed by atoms with E-state index < -0.39 is 0 Å². The van der Waals surface area contributed by atoms with Crippen molar-refractivity contribution in [1.29, 1.82) is 0 Å². The summed E-state index contributed by atoms with van der Waals surface area (Å²) in [5.41, 5.74) is 1.40. The van der Waals surface area contributed by atoms with E-state index in [1.165, 1.54) is 19.2 Å². The molecule has 0 saturated heterocycles. The molecule has 0 spiro atoms. The van der Waals surface area contributed by atoms with Crippen LogP contribution in [0.4, 0.5) is 10.1 Å². The van der Waals surface area contributed by atoms with Gasteiger partial charge in [-0.05, 0) is 65.7 Å². The molecule has 0 saturated carbocycles. The normalized spacial score (nSPS) is 10.3. The summed E-state index contributed by atoms with van der Waals surface area (Å²) in [6.45, 7) is 3.94. The molecular weight excluding hydrogens is 365 g/mol. The lowest BCUT2D eigenvalue weighted by atomic mass is 10.1. The molecule has 0 aliphatic rings. The van der Waals surface area contributed by atoms with E-state index in [9.17, 15) is 9.18 Å². The number of anilines is 1. The van der Waals surface area contributed by atoms with Crippen LogP contribution >= 0.6 is 15.9 Å². The molecule has 2 rings (SSSR count). The summed E-state index contributed by atoms with van der Waals surface area (Å²) in [6, 6.07) is 7.67. The summed E-state index contributed by atoms with van der Waals surface area (Å²) in [4.78, 5) is 12.4. The van der Waals surface area contributed by atoms with Gasteiger partial charge in [0.25, 0.3) is 5.91 Å². The molecule has 0 radical (unpaired) electrons. The Kier molecular flexibility index (Phi) is 5.60. The number of hydrogen-bond acceptors (Lipinski definition) is 3. The van der Waals surface area contributed by atoms with Crippen molar-refractivity contribution >= 4 is 27.5 Å². The lowest BCUT2D eigenvalue weighted by molar-refractivity contribution is 0.102. The van der Waals surface area contributed by atoms with Crippen LogP contribution < -0.4 is 14.8 Å². The standard InChI is InChI=1S/C17H17BrFNO3/c1-4-23-15-9-11(8-13(18)16(15)22-3)17(21)20-12-5-6-14(19)10(2)7-12/h5-9H,4H2,1-3H3,(H,20,21). The molecule has 0 bridgehead atoms. The highest BCUT2D eigenvalue weighted by molar-refractivity contribution is 9.10. The van der Waals surface area contributed by atoms with E-state index in [4.69, 9.17) is 9.47 Å². The van der Waals surface area contributed by atoms with Gasteiger partial charge in [-0.15, -0.1) is 0 Å². The quantitative estimate of drug-likeness (QED) is 0.825. The number of amides is 1. The van der Waals surface area contributed by atoms with E-state index in [2.05, 4.69) is 21.2 Å². The van der Waals surface area contributed by atoms with Gasteiger partial charge in [-0.3, -0.25) is 4.79 Å². The third-order valence-corrected chi connectivity index (χ3v) is 3.78. The van der Waals surface area contributed by atoms with Crippen LogP contribution in [-0.2, 0) is 0 Å². The van der Waals surface area contributed by atoms with Crippen LogP contribution in [0.5, 0.6) is 11.5 Å². The molecule has 0 fully saturated rings. The van der Waals surface area contributed by atoms with Gasteiger partial charge in [-0.1, -0.05) is 0 Å². The number of aryl methyl sites for hydroxylation is 1.